The Labute approximate surface area is 107 Å². The van der Waals surface area contributed by atoms with Crippen LogP contribution in [0.15, 0.2) is 0 Å². The van der Waals surface area contributed by atoms with E-state index in [2.05, 4.69) is 44.0 Å². The SMILES string of the molecule is CNC(C)(C#N)CCN(CC(C)C)CC(C)C. The molecular formula is C14H29N3. The molecule has 0 aliphatic carbocycles. The van der Waals surface area contributed by atoms with Gasteiger partial charge in [0.05, 0.1) is 6.07 Å². The Kier molecular flexibility index (Phi) is 7.41. The quantitative estimate of drug-likeness (QED) is 0.707. The molecule has 0 rings (SSSR count). The monoisotopic (exact) mass is 239 g/mol. The van der Waals surface area contributed by atoms with E-state index in [0.29, 0.717) is 11.8 Å². The zero-order valence-corrected chi connectivity index (χ0v) is 12.4. The van der Waals surface area contributed by atoms with Gasteiger partial charge in [-0.05, 0) is 32.2 Å². The molecule has 0 saturated carbocycles. The van der Waals surface area contributed by atoms with Gasteiger partial charge in [-0.15, -0.1) is 0 Å². The van der Waals surface area contributed by atoms with E-state index in [0.717, 1.165) is 26.1 Å². The van der Waals surface area contributed by atoms with Crippen LogP contribution in [0.5, 0.6) is 0 Å². The molecule has 0 amide bonds. The van der Waals surface area contributed by atoms with Crippen LogP contribution in [0, 0.1) is 23.2 Å². The molecule has 0 bridgehead atoms. The summed E-state index contributed by atoms with van der Waals surface area (Å²) >= 11 is 0. The summed E-state index contributed by atoms with van der Waals surface area (Å²) in [7, 11) is 1.86. The van der Waals surface area contributed by atoms with Gasteiger partial charge in [0.15, 0.2) is 0 Å². The Morgan fingerprint density at radius 3 is 1.94 bits per heavy atom. The molecule has 1 atom stereocenters. The number of rotatable bonds is 8. The summed E-state index contributed by atoms with van der Waals surface area (Å²) in [5.74, 6) is 1.35. The van der Waals surface area contributed by atoms with Crippen molar-refractivity contribution in [2.24, 2.45) is 11.8 Å². The van der Waals surface area contributed by atoms with Crippen molar-refractivity contribution in [2.75, 3.05) is 26.7 Å². The highest BCUT2D eigenvalue weighted by Crippen LogP contribution is 2.11. The normalized spacial score (nSPS) is 15.3. The lowest BCUT2D eigenvalue weighted by molar-refractivity contribution is 0.203. The largest absolute Gasteiger partial charge is 0.303 e. The highest BCUT2D eigenvalue weighted by atomic mass is 15.1. The van der Waals surface area contributed by atoms with E-state index < -0.39 is 5.54 Å². The zero-order chi connectivity index (χ0) is 13.5. The average Bonchev–Trinajstić information content (AvgIpc) is 2.24. The first-order valence-electron chi connectivity index (χ1n) is 6.65. The van der Waals surface area contributed by atoms with E-state index >= 15 is 0 Å². The van der Waals surface area contributed by atoms with Crippen LogP contribution in [-0.2, 0) is 0 Å². The molecule has 0 fully saturated rings. The van der Waals surface area contributed by atoms with Crippen molar-refractivity contribution < 1.29 is 0 Å². The Morgan fingerprint density at radius 1 is 1.18 bits per heavy atom. The van der Waals surface area contributed by atoms with E-state index in [1.54, 1.807) is 0 Å². The maximum atomic E-state index is 9.13. The van der Waals surface area contributed by atoms with Crippen molar-refractivity contribution in [3.05, 3.63) is 0 Å². The summed E-state index contributed by atoms with van der Waals surface area (Å²) in [5.41, 5.74) is -0.397. The predicted molar refractivity (Wildman–Crippen MR) is 73.8 cm³/mol. The Morgan fingerprint density at radius 2 is 1.65 bits per heavy atom. The second-order valence-electron chi connectivity index (χ2n) is 5.99. The smallest absolute Gasteiger partial charge is 0.104 e. The first-order chi connectivity index (χ1) is 7.83. The predicted octanol–water partition coefficient (Wildman–Crippen LogP) is 2.49. The lowest BCUT2D eigenvalue weighted by Crippen LogP contribution is -2.43. The lowest BCUT2D eigenvalue weighted by Gasteiger charge is -2.29. The van der Waals surface area contributed by atoms with Crippen LogP contribution in [-0.4, -0.2) is 37.1 Å². The number of nitrogens with zero attached hydrogens (tertiary/aromatic N) is 2. The van der Waals surface area contributed by atoms with Crippen molar-refractivity contribution in [3.63, 3.8) is 0 Å². The Balaban J connectivity index is 4.29. The lowest BCUT2D eigenvalue weighted by atomic mass is 9.99. The average molecular weight is 239 g/mol. The van der Waals surface area contributed by atoms with Gasteiger partial charge in [-0.3, -0.25) is 0 Å². The molecule has 3 heteroatoms. The molecule has 0 saturated heterocycles. The second kappa shape index (κ2) is 7.68. The van der Waals surface area contributed by atoms with Crippen LogP contribution < -0.4 is 5.32 Å². The fraction of sp³-hybridized carbons (Fsp3) is 0.929. The Bertz CT molecular complexity index is 232. The number of nitriles is 1. The van der Waals surface area contributed by atoms with Gasteiger partial charge in [-0.2, -0.15) is 5.26 Å². The third-order valence-corrected chi connectivity index (χ3v) is 2.97. The van der Waals surface area contributed by atoms with Gasteiger partial charge in [0, 0.05) is 19.6 Å². The molecule has 17 heavy (non-hydrogen) atoms. The molecule has 0 aliphatic rings. The summed E-state index contributed by atoms with van der Waals surface area (Å²) in [6, 6.07) is 2.35. The van der Waals surface area contributed by atoms with Gasteiger partial charge in [-0.1, -0.05) is 27.7 Å². The summed E-state index contributed by atoms with van der Waals surface area (Å²) in [4.78, 5) is 2.47. The summed E-state index contributed by atoms with van der Waals surface area (Å²) in [5, 5.41) is 12.2. The first-order valence-corrected chi connectivity index (χ1v) is 6.65. The van der Waals surface area contributed by atoms with E-state index in [1.165, 1.54) is 0 Å². The molecule has 1 unspecified atom stereocenters. The highest BCUT2D eigenvalue weighted by Gasteiger charge is 2.22. The topological polar surface area (TPSA) is 39.1 Å². The van der Waals surface area contributed by atoms with Gasteiger partial charge < -0.3 is 10.2 Å². The van der Waals surface area contributed by atoms with E-state index in [4.69, 9.17) is 5.26 Å². The molecule has 0 aliphatic heterocycles. The minimum Gasteiger partial charge on any atom is -0.303 e. The van der Waals surface area contributed by atoms with Crippen LogP contribution in [0.4, 0.5) is 0 Å². The highest BCUT2D eigenvalue weighted by molar-refractivity contribution is 5.03. The van der Waals surface area contributed by atoms with Crippen LogP contribution in [0.25, 0.3) is 0 Å². The number of nitrogens with one attached hydrogen (secondary N) is 1. The fourth-order valence-corrected chi connectivity index (χ4v) is 1.91. The van der Waals surface area contributed by atoms with Gasteiger partial charge in [0.25, 0.3) is 0 Å². The van der Waals surface area contributed by atoms with Crippen molar-refractivity contribution in [3.8, 4) is 6.07 Å². The Hall–Kier alpha value is -0.590. The second-order valence-corrected chi connectivity index (χ2v) is 5.99. The maximum absolute atomic E-state index is 9.13. The van der Waals surface area contributed by atoms with Crippen LogP contribution in [0.1, 0.15) is 41.0 Å². The van der Waals surface area contributed by atoms with E-state index in [-0.39, 0.29) is 0 Å². The third-order valence-electron chi connectivity index (χ3n) is 2.97. The summed E-state index contributed by atoms with van der Waals surface area (Å²) in [6.07, 6.45) is 0.874. The van der Waals surface area contributed by atoms with E-state index in [9.17, 15) is 0 Å². The number of hydrogen-bond donors (Lipinski definition) is 1. The van der Waals surface area contributed by atoms with Crippen molar-refractivity contribution in [2.45, 2.75) is 46.6 Å². The minimum atomic E-state index is -0.397. The van der Waals surface area contributed by atoms with Crippen LogP contribution in [0.3, 0.4) is 0 Å². The van der Waals surface area contributed by atoms with Gasteiger partial charge in [0.1, 0.15) is 5.54 Å². The molecule has 0 aromatic carbocycles. The zero-order valence-electron chi connectivity index (χ0n) is 12.4. The summed E-state index contributed by atoms with van der Waals surface area (Å²) < 4.78 is 0. The van der Waals surface area contributed by atoms with Gasteiger partial charge in [0.2, 0.25) is 0 Å². The van der Waals surface area contributed by atoms with Crippen molar-refractivity contribution >= 4 is 0 Å². The molecule has 0 aromatic rings. The molecule has 0 heterocycles. The fourth-order valence-electron chi connectivity index (χ4n) is 1.91. The molecule has 100 valence electrons. The summed E-state index contributed by atoms with van der Waals surface area (Å²) in [6.45, 7) is 14.2. The van der Waals surface area contributed by atoms with E-state index in [1.807, 2.05) is 14.0 Å². The maximum Gasteiger partial charge on any atom is 0.104 e. The third kappa shape index (κ3) is 7.36. The first kappa shape index (κ1) is 16.4. The molecule has 3 nitrogen and oxygen atoms in total. The minimum absolute atomic E-state index is 0.397. The van der Waals surface area contributed by atoms with Crippen molar-refractivity contribution in [1.82, 2.24) is 10.2 Å². The van der Waals surface area contributed by atoms with Crippen LogP contribution >= 0.6 is 0 Å². The van der Waals surface area contributed by atoms with Crippen LogP contribution in [0.2, 0.25) is 0 Å². The molecular weight excluding hydrogens is 210 g/mol. The molecule has 0 spiro atoms. The van der Waals surface area contributed by atoms with Gasteiger partial charge >= 0.3 is 0 Å². The van der Waals surface area contributed by atoms with Crippen molar-refractivity contribution in [1.29, 1.82) is 5.26 Å². The molecule has 0 radical (unpaired) electrons. The standard InChI is InChI=1S/C14H29N3/c1-12(2)9-17(10-13(3)4)8-7-14(5,11-15)16-6/h12-13,16H,7-10H2,1-6H3. The molecule has 1 N–H and O–H groups in total. The van der Waals surface area contributed by atoms with Gasteiger partial charge in [-0.25, -0.2) is 0 Å². The number of hydrogen-bond acceptors (Lipinski definition) is 3. The molecule has 0 aromatic heterocycles.